The van der Waals surface area contributed by atoms with Gasteiger partial charge in [0, 0.05) is 25.6 Å². The normalized spacial score (nSPS) is 13.1. The summed E-state index contributed by atoms with van der Waals surface area (Å²) in [5, 5.41) is 3.34. The fourth-order valence-electron chi connectivity index (χ4n) is 1.76. The van der Waals surface area contributed by atoms with Crippen LogP contribution in [0.5, 0.6) is 0 Å². The van der Waals surface area contributed by atoms with Gasteiger partial charge in [-0.05, 0) is 18.6 Å². The Morgan fingerprint density at radius 1 is 1.41 bits per heavy atom. The molecule has 1 atom stereocenters. The summed E-state index contributed by atoms with van der Waals surface area (Å²) in [5.41, 5.74) is 7.97. The van der Waals surface area contributed by atoms with E-state index >= 15 is 0 Å². The van der Waals surface area contributed by atoms with Crippen LogP contribution in [0.15, 0.2) is 24.3 Å². The maximum absolute atomic E-state index is 5.83. The molecule has 1 heterocycles. The maximum Gasteiger partial charge on any atom is 0.108 e. The fraction of sp³-hybridized carbons (Fsp3) is 0.462. The number of hydrogen-bond donors (Lipinski definition) is 3. The molecular formula is C13H20N4. The molecule has 4 nitrogen and oxygen atoms in total. The zero-order valence-corrected chi connectivity index (χ0v) is 10.2. The van der Waals surface area contributed by atoms with E-state index in [9.17, 15) is 0 Å². The first-order valence-corrected chi connectivity index (χ1v) is 6.19. The molecule has 0 aliphatic carbocycles. The van der Waals surface area contributed by atoms with Gasteiger partial charge in [0.1, 0.15) is 5.82 Å². The van der Waals surface area contributed by atoms with Crippen molar-refractivity contribution in [2.45, 2.75) is 25.8 Å². The third-order valence-corrected chi connectivity index (χ3v) is 2.91. The van der Waals surface area contributed by atoms with Gasteiger partial charge in [0.15, 0.2) is 0 Å². The quantitative estimate of drug-likeness (QED) is 0.660. The van der Waals surface area contributed by atoms with E-state index in [0.29, 0.717) is 0 Å². The lowest BCUT2D eigenvalue weighted by atomic mass is 10.2. The van der Waals surface area contributed by atoms with Crippen LogP contribution in [-0.4, -0.2) is 29.1 Å². The van der Waals surface area contributed by atoms with Crippen LogP contribution in [0.2, 0.25) is 0 Å². The minimum atomic E-state index is 0.255. The molecule has 1 unspecified atom stereocenters. The van der Waals surface area contributed by atoms with Crippen molar-refractivity contribution >= 4 is 11.0 Å². The molecule has 0 bridgehead atoms. The number of fused-ring (bicyclic) bond motifs is 1. The lowest BCUT2D eigenvalue weighted by Crippen LogP contribution is -2.34. The maximum atomic E-state index is 5.83. The largest absolute Gasteiger partial charge is 0.342 e. The van der Waals surface area contributed by atoms with Crippen LogP contribution in [0.1, 0.15) is 19.2 Å². The Kier molecular flexibility index (Phi) is 4.12. The van der Waals surface area contributed by atoms with Crippen LogP contribution in [0.25, 0.3) is 11.0 Å². The molecule has 2 aromatic rings. The van der Waals surface area contributed by atoms with Crippen molar-refractivity contribution in [2.24, 2.45) is 5.73 Å². The number of nitrogens with two attached hydrogens (primary N) is 1. The summed E-state index contributed by atoms with van der Waals surface area (Å²) in [6.07, 6.45) is 1.92. The lowest BCUT2D eigenvalue weighted by Gasteiger charge is -2.08. The summed E-state index contributed by atoms with van der Waals surface area (Å²) >= 11 is 0. The Morgan fingerprint density at radius 3 is 3.00 bits per heavy atom. The molecule has 17 heavy (non-hydrogen) atoms. The standard InChI is InChI=1S/C13H20N4/c1-2-10(14)9-15-8-7-13-16-11-5-3-4-6-12(11)17-13/h3-6,10,15H,2,7-9,14H2,1H3,(H,16,17). The number of nitrogens with one attached hydrogen (secondary N) is 2. The van der Waals surface area contributed by atoms with Gasteiger partial charge in [0.05, 0.1) is 11.0 Å². The average molecular weight is 232 g/mol. The number of para-hydroxylation sites is 2. The number of hydrogen-bond acceptors (Lipinski definition) is 3. The Morgan fingerprint density at radius 2 is 2.24 bits per heavy atom. The van der Waals surface area contributed by atoms with Crippen molar-refractivity contribution < 1.29 is 0 Å². The third-order valence-electron chi connectivity index (χ3n) is 2.91. The smallest absolute Gasteiger partial charge is 0.108 e. The number of H-pyrrole nitrogens is 1. The lowest BCUT2D eigenvalue weighted by molar-refractivity contribution is 0.562. The number of imidazole rings is 1. The molecule has 1 aromatic heterocycles. The molecule has 0 saturated carbocycles. The number of aromatic nitrogens is 2. The summed E-state index contributed by atoms with van der Waals surface area (Å²) in [6.45, 7) is 3.88. The number of nitrogens with zero attached hydrogens (tertiary/aromatic N) is 1. The van der Waals surface area contributed by atoms with Crippen LogP contribution in [0.3, 0.4) is 0 Å². The monoisotopic (exact) mass is 232 g/mol. The van der Waals surface area contributed by atoms with Crippen LogP contribution in [-0.2, 0) is 6.42 Å². The van der Waals surface area contributed by atoms with Gasteiger partial charge in [0.2, 0.25) is 0 Å². The molecule has 0 saturated heterocycles. The van der Waals surface area contributed by atoms with Crippen molar-refractivity contribution in [1.29, 1.82) is 0 Å². The summed E-state index contributed by atoms with van der Waals surface area (Å²) < 4.78 is 0. The first kappa shape index (κ1) is 12.1. The second-order valence-electron chi connectivity index (χ2n) is 4.32. The zero-order valence-electron chi connectivity index (χ0n) is 10.2. The van der Waals surface area contributed by atoms with Crippen molar-refractivity contribution in [3.05, 3.63) is 30.1 Å². The van der Waals surface area contributed by atoms with Crippen LogP contribution in [0, 0.1) is 0 Å². The Balaban J connectivity index is 1.83. The van der Waals surface area contributed by atoms with E-state index in [2.05, 4.69) is 22.2 Å². The van der Waals surface area contributed by atoms with Gasteiger partial charge in [-0.25, -0.2) is 4.98 Å². The SMILES string of the molecule is CCC(N)CNCCc1nc2ccccc2[nH]1. The molecular weight excluding hydrogens is 212 g/mol. The van der Waals surface area contributed by atoms with E-state index in [0.717, 1.165) is 42.8 Å². The van der Waals surface area contributed by atoms with E-state index in [1.54, 1.807) is 0 Å². The Bertz CT molecular complexity index is 430. The zero-order chi connectivity index (χ0) is 12.1. The molecule has 1 aromatic carbocycles. The molecule has 0 spiro atoms. The minimum absolute atomic E-state index is 0.255. The molecule has 0 aliphatic rings. The first-order chi connectivity index (χ1) is 8.29. The number of rotatable bonds is 6. The van der Waals surface area contributed by atoms with Gasteiger partial charge in [-0.2, -0.15) is 0 Å². The van der Waals surface area contributed by atoms with Gasteiger partial charge < -0.3 is 16.0 Å². The highest BCUT2D eigenvalue weighted by molar-refractivity contribution is 5.74. The molecule has 92 valence electrons. The van der Waals surface area contributed by atoms with Gasteiger partial charge in [-0.3, -0.25) is 0 Å². The second-order valence-corrected chi connectivity index (χ2v) is 4.32. The fourth-order valence-corrected chi connectivity index (χ4v) is 1.76. The molecule has 0 fully saturated rings. The summed E-state index contributed by atoms with van der Waals surface area (Å²) in [7, 11) is 0. The van der Waals surface area contributed by atoms with Crippen molar-refractivity contribution in [2.75, 3.05) is 13.1 Å². The van der Waals surface area contributed by atoms with E-state index < -0.39 is 0 Å². The topological polar surface area (TPSA) is 66.7 Å². The predicted octanol–water partition coefficient (Wildman–Crippen LogP) is 1.43. The van der Waals surface area contributed by atoms with E-state index in [1.807, 2.05) is 24.3 Å². The molecule has 0 amide bonds. The third kappa shape index (κ3) is 3.28. The van der Waals surface area contributed by atoms with Crippen LogP contribution < -0.4 is 11.1 Å². The molecule has 2 rings (SSSR count). The highest BCUT2D eigenvalue weighted by Gasteiger charge is 2.02. The number of aromatic amines is 1. The summed E-state index contributed by atoms with van der Waals surface area (Å²) in [4.78, 5) is 7.84. The summed E-state index contributed by atoms with van der Waals surface area (Å²) in [6, 6.07) is 8.35. The van der Waals surface area contributed by atoms with E-state index in [4.69, 9.17) is 5.73 Å². The van der Waals surface area contributed by atoms with Gasteiger partial charge in [-0.15, -0.1) is 0 Å². The van der Waals surface area contributed by atoms with Gasteiger partial charge in [-0.1, -0.05) is 19.1 Å². The predicted molar refractivity (Wildman–Crippen MR) is 70.9 cm³/mol. The first-order valence-electron chi connectivity index (χ1n) is 6.19. The molecule has 0 aliphatic heterocycles. The van der Waals surface area contributed by atoms with Crippen LogP contribution >= 0.6 is 0 Å². The molecule has 4 heteroatoms. The van der Waals surface area contributed by atoms with Crippen molar-refractivity contribution in [3.63, 3.8) is 0 Å². The average Bonchev–Trinajstić information content (AvgIpc) is 2.76. The van der Waals surface area contributed by atoms with Crippen LogP contribution in [0.4, 0.5) is 0 Å². The van der Waals surface area contributed by atoms with Gasteiger partial charge >= 0.3 is 0 Å². The minimum Gasteiger partial charge on any atom is -0.342 e. The van der Waals surface area contributed by atoms with Crippen molar-refractivity contribution in [1.82, 2.24) is 15.3 Å². The Labute approximate surface area is 102 Å². The van der Waals surface area contributed by atoms with Crippen molar-refractivity contribution in [3.8, 4) is 0 Å². The Hall–Kier alpha value is -1.39. The molecule has 0 radical (unpaired) electrons. The molecule has 4 N–H and O–H groups in total. The highest BCUT2D eigenvalue weighted by Crippen LogP contribution is 2.10. The van der Waals surface area contributed by atoms with E-state index in [1.165, 1.54) is 0 Å². The highest BCUT2D eigenvalue weighted by atomic mass is 14.9. The number of benzene rings is 1. The summed E-state index contributed by atoms with van der Waals surface area (Å²) in [5.74, 6) is 1.03. The van der Waals surface area contributed by atoms with E-state index in [-0.39, 0.29) is 6.04 Å². The second kappa shape index (κ2) is 5.80. The van der Waals surface area contributed by atoms with Gasteiger partial charge in [0.25, 0.3) is 0 Å².